The highest BCUT2D eigenvalue weighted by Gasteiger charge is 2.30. The number of hydrogen-bond acceptors (Lipinski definition) is 4. The summed E-state index contributed by atoms with van der Waals surface area (Å²) >= 11 is 1.65. The molecule has 0 aromatic carbocycles. The molecular formula is C12H20N2OS. The summed E-state index contributed by atoms with van der Waals surface area (Å²) in [4.78, 5) is 8.07. The molecule has 1 fully saturated rings. The van der Waals surface area contributed by atoms with Crippen LogP contribution in [-0.2, 0) is 6.61 Å². The maximum atomic E-state index is 9.35. The minimum Gasteiger partial charge on any atom is -0.391 e. The fraction of sp³-hybridized carbons (Fsp3) is 0.750. The zero-order chi connectivity index (χ0) is 11.7. The van der Waals surface area contributed by atoms with Crippen molar-refractivity contribution < 1.29 is 5.11 Å². The second kappa shape index (κ2) is 4.72. The number of thiazole rings is 1. The average molecular weight is 240 g/mol. The lowest BCUT2D eigenvalue weighted by Crippen LogP contribution is -2.30. The van der Waals surface area contributed by atoms with Gasteiger partial charge in [0.15, 0.2) is 5.13 Å². The third-order valence-corrected chi connectivity index (χ3v) is 4.13. The lowest BCUT2D eigenvalue weighted by Gasteiger charge is -2.24. The average Bonchev–Trinajstić information content (AvgIpc) is 3.00. The Morgan fingerprint density at radius 3 is 2.62 bits per heavy atom. The van der Waals surface area contributed by atoms with Gasteiger partial charge >= 0.3 is 0 Å². The summed E-state index contributed by atoms with van der Waals surface area (Å²) in [6, 6.07) is 0.467. The molecule has 1 aliphatic carbocycles. The highest BCUT2D eigenvalue weighted by atomic mass is 32.1. The molecule has 1 aliphatic rings. The van der Waals surface area contributed by atoms with E-state index in [0.29, 0.717) is 12.0 Å². The Morgan fingerprint density at radius 1 is 1.50 bits per heavy atom. The summed E-state index contributed by atoms with van der Waals surface area (Å²) in [6.07, 6.45) is 2.48. The minimum atomic E-state index is 0.138. The van der Waals surface area contributed by atoms with Crippen molar-refractivity contribution in [3.8, 4) is 0 Å². The molecule has 3 nitrogen and oxygen atoms in total. The number of aromatic nitrogens is 1. The number of rotatable bonds is 5. The first kappa shape index (κ1) is 11.9. The Balaban J connectivity index is 2.26. The van der Waals surface area contributed by atoms with Gasteiger partial charge in [-0.3, -0.25) is 0 Å². The van der Waals surface area contributed by atoms with Crippen LogP contribution in [0.4, 0.5) is 5.13 Å². The van der Waals surface area contributed by atoms with E-state index in [1.165, 1.54) is 12.8 Å². The van der Waals surface area contributed by atoms with Crippen molar-refractivity contribution in [1.29, 1.82) is 0 Å². The molecule has 0 amide bonds. The van der Waals surface area contributed by atoms with Gasteiger partial charge in [0.05, 0.1) is 17.2 Å². The van der Waals surface area contributed by atoms with Gasteiger partial charge in [-0.05, 0) is 33.6 Å². The van der Waals surface area contributed by atoms with Crippen molar-refractivity contribution in [3.63, 3.8) is 0 Å². The van der Waals surface area contributed by atoms with Crippen LogP contribution in [-0.4, -0.2) is 22.7 Å². The molecule has 90 valence electrons. The van der Waals surface area contributed by atoms with Crippen LogP contribution in [0.25, 0.3) is 0 Å². The number of hydrogen-bond donors (Lipinski definition) is 1. The molecule has 0 aliphatic heterocycles. The number of aliphatic hydroxyl groups is 1. The topological polar surface area (TPSA) is 36.4 Å². The van der Waals surface area contributed by atoms with E-state index in [1.54, 1.807) is 11.3 Å². The van der Waals surface area contributed by atoms with Gasteiger partial charge in [-0.2, -0.15) is 0 Å². The van der Waals surface area contributed by atoms with Gasteiger partial charge in [-0.15, -0.1) is 0 Å². The van der Waals surface area contributed by atoms with E-state index in [-0.39, 0.29) is 6.61 Å². The van der Waals surface area contributed by atoms with E-state index in [1.807, 2.05) is 0 Å². The normalized spacial score (nSPS) is 15.8. The predicted octanol–water partition coefficient (Wildman–Crippen LogP) is 2.75. The van der Waals surface area contributed by atoms with Gasteiger partial charge in [0.2, 0.25) is 0 Å². The van der Waals surface area contributed by atoms with Crippen LogP contribution in [0.2, 0.25) is 0 Å². The Labute approximate surface area is 101 Å². The predicted molar refractivity (Wildman–Crippen MR) is 68.2 cm³/mol. The van der Waals surface area contributed by atoms with Gasteiger partial charge in [0.1, 0.15) is 0 Å². The van der Waals surface area contributed by atoms with Crippen LogP contribution in [0.3, 0.4) is 0 Å². The SMILES string of the molecule is CCN(c1nc(C2CC2)c(CO)s1)C(C)C. The second-order valence-corrected chi connectivity index (χ2v) is 5.68. The third-order valence-electron chi connectivity index (χ3n) is 3.03. The highest BCUT2D eigenvalue weighted by molar-refractivity contribution is 7.15. The molecule has 2 rings (SSSR count). The van der Waals surface area contributed by atoms with E-state index in [4.69, 9.17) is 4.98 Å². The maximum Gasteiger partial charge on any atom is 0.186 e. The molecule has 4 heteroatoms. The van der Waals surface area contributed by atoms with Crippen LogP contribution in [0.15, 0.2) is 0 Å². The molecule has 0 atom stereocenters. The van der Waals surface area contributed by atoms with Crippen LogP contribution < -0.4 is 4.90 Å². The van der Waals surface area contributed by atoms with Crippen LogP contribution in [0.5, 0.6) is 0 Å². The Hall–Kier alpha value is -0.610. The number of nitrogens with zero attached hydrogens (tertiary/aromatic N) is 2. The number of aliphatic hydroxyl groups excluding tert-OH is 1. The summed E-state index contributed by atoms with van der Waals surface area (Å²) in [7, 11) is 0. The van der Waals surface area contributed by atoms with Gasteiger partial charge in [-0.1, -0.05) is 11.3 Å². The van der Waals surface area contributed by atoms with Gasteiger partial charge in [0, 0.05) is 18.5 Å². The van der Waals surface area contributed by atoms with Crippen LogP contribution in [0, 0.1) is 0 Å². The molecule has 0 saturated heterocycles. The monoisotopic (exact) mass is 240 g/mol. The standard InChI is InChI=1S/C12H20N2OS/c1-4-14(8(2)3)12-13-11(9-5-6-9)10(7-15)16-12/h8-9,15H,4-7H2,1-3H3. The molecule has 1 aromatic heterocycles. The van der Waals surface area contributed by atoms with Gasteiger partial charge in [0.25, 0.3) is 0 Å². The molecular weight excluding hydrogens is 220 g/mol. The first-order valence-electron chi connectivity index (χ1n) is 6.04. The van der Waals surface area contributed by atoms with Crippen LogP contribution >= 0.6 is 11.3 Å². The minimum absolute atomic E-state index is 0.138. The second-order valence-electron chi connectivity index (χ2n) is 4.62. The molecule has 1 aromatic rings. The quantitative estimate of drug-likeness (QED) is 0.859. The third kappa shape index (κ3) is 2.23. The Morgan fingerprint density at radius 2 is 2.19 bits per heavy atom. The summed E-state index contributed by atoms with van der Waals surface area (Å²) in [5.74, 6) is 0.623. The molecule has 1 saturated carbocycles. The van der Waals surface area contributed by atoms with E-state index in [0.717, 1.165) is 22.2 Å². The van der Waals surface area contributed by atoms with E-state index < -0.39 is 0 Å². The van der Waals surface area contributed by atoms with E-state index in [9.17, 15) is 5.11 Å². The smallest absolute Gasteiger partial charge is 0.186 e. The molecule has 0 spiro atoms. The van der Waals surface area contributed by atoms with Gasteiger partial charge in [-0.25, -0.2) is 4.98 Å². The zero-order valence-corrected chi connectivity index (χ0v) is 11.0. The fourth-order valence-electron chi connectivity index (χ4n) is 1.98. The van der Waals surface area contributed by atoms with E-state index >= 15 is 0 Å². The van der Waals surface area contributed by atoms with Crippen molar-refractivity contribution in [3.05, 3.63) is 10.6 Å². The molecule has 16 heavy (non-hydrogen) atoms. The lowest BCUT2D eigenvalue weighted by molar-refractivity contribution is 0.284. The zero-order valence-electron chi connectivity index (χ0n) is 10.2. The highest BCUT2D eigenvalue weighted by Crippen LogP contribution is 2.44. The van der Waals surface area contributed by atoms with Crippen molar-refractivity contribution >= 4 is 16.5 Å². The largest absolute Gasteiger partial charge is 0.391 e. The van der Waals surface area contributed by atoms with Crippen molar-refractivity contribution in [1.82, 2.24) is 4.98 Å². The molecule has 1 N–H and O–H groups in total. The van der Waals surface area contributed by atoms with Crippen molar-refractivity contribution in [2.24, 2.45) is 0 Å². The summed E-state index contributed by atoms with van der Waals surface area (Å²) in [5, 5.41) is 10.4. The summed E-state index contributed by atoms with van der Waals surface area (Å²) < 4.78 is 0. The van der Waals surface area contributed by atoms with E-state index in [2.05, 4.69) is 25.7 Å². The molecule has 0 bridgehead atoms. The molecule has 0 unspecified atom stereocenters. The summed E-state index contributed by atoms with van der Waals surface area (Å²) in [6.45, 7) is 7.62. The molecule has 1 heterocycles. The first-order valence-corrected chi connectivity index (χ1v) is 6.86. The maximum absolute atomic E-state index is 9.35. The Bertz CT molecular complexity index is 358. The van der Waals surface area contributed by atoms with Crippen molar-refractivity contribution in [2.75, 3.05) is 11.4 Å². The van der Waals surface area contributed by atoms with Crippen molar-refractivity contribution in [2.45, 2.75) is 52.2 Å². The first-order chi connectivity index (χ1) is 7.67. The number of anilines is 1. The molecule has 0 radical (unpaired) electrons. The summed E-state index contributed by atoms with van der Waals surface area (Å²) in [5.41, 5.74) is 1.15. The Kier molecular flexibility index (Phi) is 3.50. The fourth-order valence-corrected chi connectivity index (χ4v) is 3.19. The van der Waals surface area contributed by atoms with Crippen LogP contribution in [0.1, 0.15) is 50.1 Å². The lowest BCUT2D eigenvalue weighted by atomic mass is 10.2. The van der Waals surface area contributed by atoms with Gasteiger partial charge < -0.3 is 10.0 Å².